The summed E-state index contributed by atoms with van der Waals surface area (Å²) in [6, 6.07) is 0.0155. The minimum absolute atomic E-state index is 0.0155. The van der Waals surface area contributed by atoms with E-state index in [-0.39, 0.29) is 18.0 Å². The van der Waals surface area contributed by atoms with Gasteiger partial charge in [-0.25, -0.2) is 4.79 Å². The molecule has 6 heteroatoms. The SMILES string of the molecule is CN1CCN(C(=O)NCCCCCCC(=O)O)CC1(C)C. The van der Waals surface area contributed by atoms with Gasteiger partial charge in [0.25, 0.3) is 0 Å². The van der Waals surface area contributed by atoms with Gasteiger partial charge in [-0.1, -0.05) is 12.8 Å². The van der Waals surface area contributed by atoms with E-state index in [4.69, 9.17) is 5.11 Å². The van der Waals surface area contributed by atoms with E-state index in [1.807, 2.05) is 4.90 Å². The predicted octanol–water partition coefficient (Wildman–Crippen LogP) is 1.76. The van der Waals surface area contributed by atoms with Crippen molar-refractivity contribution >= 4 is 12.0 Å². The summed E-state index contributed by atoms with van der Waals surface area (Å²) in [6.45, 7) is 7.37. The second-order valence-electron chi connectivity index (χ2n) is 6.45. The summed E-state index contributed by atoms with van der Waals surface area (Å²) in [5.41, 5.74) is 0.0203. The number of hydrogen-bond donors (Lipinski definition) is 2. The maximum Gasteiger partial charge on any atom is 0.317 e. The lowest BCUT2D eigenvalue weighted by Gasteiger charge is -2.45. The quantitative estimate of drug-likeness (QED) is 0.703. The lowest BCUT2D eigenvalue weighted by atomic mass is 10.0. The monoisotopic (exact) mass is 299 g/mol. The minimum atomic E-state index is -0.735. The van der Waals surface area contributed by atoms with Crippen molar-refractivity contribution in [2.75, 3.05) is 33.2 Å². The summed E-state index contributed by atoms with van der Waals surface area (Å²) < 4.78 is 0. The Morgan fingerprint density at radius 2 is 1.81 bits per heavy atom. The Labute approximate surface area is 127 Å². The van der Waals surface area contributed by atoms with Crippen molar-refractivity contribution in [3.63, 3.8) is 0 Å². The fourth-order valence-corrected chi connectivity index (χ4v) is 2.48. The molecule has 0 aromatic heterocycles. The number of rotatable bonds is 7. The van der Waals surface area contributed by atoms with Crippen LogP contribution in [0.2, 0.25) is 0 Å². The number of carbonyl (C=O) groups is 2. The molecule has 1 saturated heterocycles. The van der Waals surface area contributed by atoms with Gasteiger partial charge in [0.15, 0.2) is 0 Å². The van der Waals surface area contributed by atoms with Crippen molar-refractivity contribution in [2.24, 2.45) is 0 Å². The zero-order valence-electron chi connectivity index (χ0n) is 13.5. The summed E-state index contributed by atoms with van der Waals surface area (Å²) in [4.78, 5) is 26.6. The molecule has 1 fully saturated rings. The van der Waals surface area contributed by atoms with Crippen molar-refractivity contribution in [3.8, 4) is 0 Å². The van der Waals surface area contributed by atoms with Gasteiger partial charge in [0.2, 0.25) is 0 Å². The fraction of sp³-hybridized carbons (Fsp3) is 0.867. The number of piperazine rings is 1. The third-order valence-corrected chi connectivity index (χ3v) is 4.20. The van der Waals surface area contributed by atoms with E-state index in [1.165, 1.54) is 0 Å². The largest absolute Gasteiger partial charge is 0.481 e. The first kappa shape index (κ1) is 17.8. The standard InChI is InChI=1S/C15H29N3O3/c1-15(2)12-18(11-10-17(15)3)14(21)16-9-7-5-4-6-8-13(19)20/h4-12H2,1-3H3,(H,16,21)(H,19,20). The maximum atomic E-state index is 12.1. The highest BCUT2D eigenvalue weighted by atomic mass is 16.4. The third kappa shape index (κ3) is 6.33. The van der Waals surface area contributed by atoms with Crippen molar-refractivity contribution in [2.45, 2.75) is 51.5 Å². The zero-order chi connectivity index (χ0) is 15.9. The number of likely N-dealkylation sites (N-methyl/N-ethyl adjacent to an activating group) is 1. The highest BCUT2D eigenvalue weighted by Gasteiger charge is 2.32. The molecule has 0 aliphatic carbocycles. The van der Waals surface area contributed by atoms with Gasteiger partial charge in [-0.05, 0) is 33.7 Å². The second-order valence-corrected chi connectivity index (χ2v) is 6.45. The van der Waals surface area contributed by atoms with Gasteiger partial charge < -0.3 is 15.3 Å². The van der Waals surface area contributed by atoms with Crippen molar-refractivity contribution < 1.29 is 14.7 Å². The van der Waals surface area contributed by atoms with E-state index in [9.17, 15) is 9.59 Å². The average Bonchev–Trinajstić information content (AvgIpc) is 2.40. The molecule has 122 valence electrons. The second kappa shape index (κ2) is 8.22. The fourth-order valence-electron chi connectivity index (χ4n) is 2.48. The van der Waals surface area contributed by atoms with Crippen LogP contribution in [0.3, 0.4) is 0 Å². The van der Waals surface area contributed by atoms with Gasteiger partial charge in [-0.2, -0.15) is 0 Å². The molecule has 2 N–H and O–H groups in total. The molecule has 2 amide bonds. The van der Waals surface area contributed by atoms with Crippen LogP contribution in [0, 0.1) is 0 Å². The van der Waals surface area contributed by atoms with E-state index >= 15 is 0 Å². The van der Waals surface area contributed by atoms with Crippen molar-refractivity contribution in [1.29, 1.82) is 0 Å². The Balaban J connectivity index is 2.13. The van der Waals surface area contributed by atoms with Gasteiger partial charge in [-0.15, -0.1) is 0 Å². The third-order valence-electron chi connectivity index (χ3n) is 4.20. The van der Waals surface area contributed by atoms with Crippen molar-refractivity contribution in [1.82, 2.24) is 15.1 Å². The Hall–Kier alpha value is -1.30. The lowest BCUT2D eigenvalue weighted by Crippen LogP contribution is -2.60. The number of carboxylic acids is 1. The van der Waals surface area contributed by atoms with Crippen LogP contribution in [-0.2, 0) is 4.79 Å². The molecular formula is C15H29N3O3. The molecule has 6 nitrogen and oxygen atoms in total. The summed E-state index contributed by atoms with van der Waals surface area (Å²) in [6.07, 6.45) is 3.73. The first-order valence-corrected chi connectivity index (χ1v) is 7.79. The molecular weight excluding hydrogens is 270 g/mol. The van der Waals surface area contributed by atoms with E-state index in [0.717, 1.165) is 45.3 Å². The van der Waals surface area contributed by atoms with Gasteiger partial charge in [0.1, 0.15) is 0 Å². The van der Waals surface area contributed by atoms with Crippen LogP contribution in [0.25, 0.3) is 0 Å². The van der Waals surface area contributed by atoms with Crippen LogP contribution < -0.4 is 5.32 Å². The molecule has 1 heterocycles. The number of hydrogen-bond acceptors (Lipinski definition) is 3. The number of nitrogens with zero attached hydrogens (tertiary/aromatic N) is 2. The number of nitrogens with one attached hydrogen (secondary N) is 1. The molecule has 0 bridgehead atoms. The number of carbonyl (C=O) groups excluding carboxylic acids is 1. The Morgan fingerprint density at radius 3 is 2.43 bits per heavy atom. The van der Waals surface area contributed by atoms with Gasteiger partial charge in [0.05, 0.1) is 0 Å². The molecule has 0 aromatic rings. The van der Waals surface area contributed by atoms with Crippen LogP contribution in [0.4, 0.5) is 4.79 Å². The number of urea groups is 1. The summed E-state index contributed by atoms with van der Waals surface area (Å²) in [5, 5.41) is 11.5. The number of aliphatic carboxylic acids is 1. The molecule has 0 radical (unpaired) electrons. The van der Waals surface area contributed by atoms with Crippen LogP contribution in [-0.4, -0.2) is 65.7 Å². The number of amides is 2. The smallest absolute Gasteiger partial charge is 0.317 e. The maximum absolute atomic E-state index is 12.1. The van der Waals surface area contributed by atoms with Crippen molar-refractivity contribution in [3.05, 3.63) is 0 Å². The van der Waals surface area contributed by atoms with Gasteiger partial charge >= 0.3 is 12.0 Å². The molecule has 0 saturated carbocycles. The van der Waals surface area contributed by atoms with Crippen LogP contribution in [0.5, 0.6) is 0 Å². The van der Waals surface area contributed by atoms with Crippen LogP contribution >= 0.6 is 0 Å². The van der Waals surface area contributed by atoms with Gasteiger partial charge in [-0.3, -0.25) is 9.69 Å². The highest BCUT2D eigenvalue weighted by Crippen LogP contribution is 2.18. The first-order valence-electron chi connectivity index (χ1n) is 7.79. The van der Waals surface area contributed by atoms with E-state index < -0.39 is 5.97 Å². The van der Waals surface area contributed by atoms with E-state index in [2.05, 4.69) is 31.1 Å². The zero-order valence-corrected chi connectivity index (χ0v) is 13.5. The minimum Gasteiger partial charge on any atom is -0.481 e. The number of unbranched alkanes of at least 4 members (excludes halogenated alkanes) is 3. The van der Waals surface area contributed by atoms with E-state index in [0.29, 0.717) is 6.54 Å². The molecule has 21 heavy (non-hydrogen) atoms. The molecule has 1 aliphatic rings. The highest BCUT2D eigenvalue weighted by molar-refractivity contribution is 5.74. The predicted molar refractivity (Wildman–Crippen MR) is 82.4 cm³/mol. The van der Waals surface area contributed by atoms with Crippen LogP contribution in [0.1, 0.15) is 46.0 Å². The molecule has 0 atom stereocenters. The molecule has 0 unspecified atom stereocenters. The van der Waals surface area contributed by atoms with E-state index in [1.54, 1.807) is 0 Å². The number of carboxylic acid groups (broad SMARTS) is 1. The average molecular weight is 299 g/mol. The summed E-state index contributed by atoms with van der Waals surface area (Å²) >= 11 is 0. The lowest BCUT2D eigenvalue weighted by molar-refractivity contribution is -0.137. The van der Waals surface area contributed by atoms with Gasteiger partial charge in [0, 0.05) is 38.1 Å². The Morgan fingerprint density at radius 1 is 1.14 bits per heavy atom. The van der Waals surface area contributed by atoms with Crippen LogP contribution in [0.15, 0.2) is 0 Å². The molecule has 1 rings (SSSR count). The normalized spacial score (nSPS) is 18.5. The molecule has 1 aliphatic heterocycles. The first-order chi connectivity index (χ1) is 9.83. The topological polar surface area (TPSA) is 72.9 Å². The molecule has 0 spiro atoms. The summed E-state index contributed by atoms with van der Waals surface area (Å²) in [5.74, 6) is -0.735. The molecule has 0 aromatic carbocycles. The Bertz CT molecular complexity index is 358. The summed E-state index contributed by atoms with van der Waals surface area (Å²) in [7, 11) is 2.09. The Kier molecular flexibility index (Phi) is 6.95.